The number of aromatic nitrogens is 1. The lowest BCUT2D eigenvalue weighted by Gasteiger charge is -2.36. The van der Waals surface area contributed by atoms with Crippen molar-refractivity contribution in [1.82, 2.24) is 10.3 Å². The number of H-pyrrole nitrogens is 1. The normalized spacial score (nSPS) is 30.1. The third-order valence-electron chi connectivity index (χ3n) is 4.07. The highest BCUT2D eigenvalue weighted by molar-refractivity contribution is 5.98. The fraction of sp³-hybridized carbons (Fsp3) is 0.333. The van der Waals surface area contributed by atoms with Crippen molar-refractivity contribution in [3.8, 4) is 0 Å². The van der Waals surface area contributed by atoms with Crippen molar-refractivity contribution in [1.29, 1.82) is 0 Å². The van der Waals surface area contributed by atoms with Crippen LogP contribution in [0.5, 0.6) is 0 Å². The minimum atomic E-state index is -0.748. The molecule has 18 heavy (non-hydrogen) atoms. The number of fused-ring (bicyclic) bond motifs is 2. The van der Waals surface area contributed by atoms with Crippen molar-refractivity contribution >= 4 is 16.5 Å². The van der Waals surface area contributed by atoms with Gasteiger partial charge in [0.1, 0.15) is 0 Å². The van der Waals surface area contributed by atoms with E-state index >= 15 is 0 Å². The van der Waals surface area contributed by atoms with Gasteiger partial charge < -0.3 is 15.4 Å². The Kier molecular flexibility index (Phi) is 1.87. The van der Waals surface area contributed by atoms with Gasteiger partial charge in [-0.2, -0.15) is 0 Å². The first-order valence-electron chi connectivity index (χ1n) is 6.42. The predicted octanol–water partition coefficient (Wildman–Crippen LogP) is 1.83. The molecule has 0 saturated heterocycles. The summed E-state index contributed by atoms with van der Waals surface area (Å²) < 4.78 is 0. The molecule has 2 unspecified atom stereocenters. The lowest BCUT2D eigenvalue weighted by atomic mass is 9.80. The van der Waals surface area contributed by atoms with Gasteiger partial charge in [0.15, 0.2) is 0 Å². The number of rotatable bonds is 0. The molecule has 2 aromatic rings. The summed E-state index contributed by atoms with van der Waals surface area (Å²) in [5.41, 5.74) is 4.31. The highest BCUT2D eigenvalue weighted by Crippen LogP contribution is 2.38. The maximum absolute atomic E-state index is 10.2. The van der Waals surface area contributed by atoms with Gasteiger partial charge in [-0.25, -0.2) is 0 Å². The van der Waals surface area contributed by atoms with Gasteiger partial charge in [0.2, 0.25) is 0 Å². The van der Waals surface area contributed by atoms with Crippen LogP contribution in [0.15, 0.2) is 30.5 Å². The van der Waals surface area contributed by atoms with Crippen molar-refractivity contribution < 1.29 is 5.11 Å². The number of nitrogens with one attached hydrogen (secondary N) is 2. The van der Waals surface area contributed by atoms with E-state index in [9.17, 15) is 5.11 Å². The molecule has 1 aromatic heterocycles. The van der Waals surface area contributed by atoms with Crippen molar-refractivity contribution in [2.45, 2.75) is 25.0 Å². The van der Waals surface area contributed by atoms with Crippen LogP contribution in [0, 0.1) is 0 Å². The summed E-state index contributed by atoms with van der Waals surface area (Å²) in [7, 11) is 0. The van der Waals surface area contributed by atoms with E-state index in [1.807, 2.05) is 13.0 Å². The Bertz CT molecular complexity index is 666. The first kappa shape index (κ1) is 10.4. The van der Waals surface area contributed by atoms with Crippen LogP contribution in [0.4, 0.5) is 0 Å². The summed E-state index contributed by atoms with van der Waals surface area (Å²) in [5.74, 6) is 0. The third kappa shape index (κ3) is 1.32. The Morgan fingerprint density at radius 3 is 3.17 bits per heavy atom. The van der Waals surface area contributed by atoms with E-state index in [4.69, 9.17) is 0 Å². The molecule has 1 aromatic carbocycles. The molecule has 3 nitrogen and oxygen atoms in total. The van der Waals surface area contributed by atoms with Gasteiger partial charge in [0, 0.05) is 29.7 Å². The van der Waals surface area contributed by atoms with E-state index in [0.29, 0.717) is 12.6 Å². The maximum Gasteiger partial charge on any atom is 0.0930 e. The average molecular weight is 240 g/mol. The van der Waals surface area contributed by atoms with Gasteiger partial charge in [-0.15, -0.1) is 0 Å². The van der Waals surface area contributed by atoms with Crippen LogP contribution >= 0.6 is 0 Å². The van der Waals surface area contributed by atoms with Crippen molar-refractivity contribution in [3.63, 3.8) is 0 Å². The summed E-state index contributed by atoms with van der Waals surface area (Å²) >= 11 is 0. The Morgan fingerprint density at radius 1 is 1.39 bits per heavy atom. The lowest BCUT2D eigenvalue weighted by molar-refractivity contribution is 0.103. The van der Waals surface area contributed by atoms with E-state index < -0.39 is 5.60 Å². The molecular weight excluding hydrogens is 224 g/mol. The number of hydrogen-bond donors (Lipinski definition) is 3. The van der Waals surface area contributed by atoms with Crippen LogP contribution in [0.3, 0.4) is 0 Å². The van der Waals surface area contributed by atoms with Crippen LogP contribution in [0.25, 0.3) is 16.5 Å². The molecule has 2 aliphatic rings. The molecule has 0 saturated carbocycles. The van der Waals surface area contributed by atoms with E-state index in [2.05, 4.69) is 34.7 Å². The van der Waals surface area contributed by atoms with Crippen LogP contribution < -0.4 is 5.32 Å². The lowest BCUT2D eigenvalue weighted by Crippen LogP contribution is -2.48. The zero-order chi connectivity index (χ0) is 12.3. The van der Waals surface area contributed by atoms with Gasteiger partial charge in [0.25, 0.3) is 0 Å². The molecule has 92 valence electrons. The molecule has 4 rings (SSSR count). The molecule has 0 spiro atoms. The van der Waals surface area contributed by atoms with Crippen molar-refractivity contribution in [2.75, 3.05) is 6.54 Å². The Hall–Kier alpha value is -1.58. The minimum absolute atomic E-state index is 0.333. The monoisotopic (exact) mass is 240 g/mol. The topological polar surface area (TPSA) is 48.0 Å². The Morgan fingerprint density at radius 2 is 2.28 bits per heavy atom. The fourth-order valence-electron chi connectivity index (χ4n) is 3.25. The number of hydrogen-bond acceptors (Lipinski definition) is 2. The second-order valence-electron chi connectivity index (χ2n) is 5.64. The second kappa shape index (κ2) is 3.25. The summed E-state index contributed by atoms with van der Waals surface area (Å²) in [6.07, 6.45) is 5.14. The van der Waals surface area contributed by atoms with Gasteiger partial charge in [0.05, 0.1) is 5.60 Å². The molecule has 0 bridgehead atoms. The molecule has 0 amide bonds. The number of β-amino-alcohol motifs (C(OH)–C–C–N with tert-alkyl or cyclic N) is 1. The quantitative estimate of drug-likeness (QED) is 0.658. The van der Waals surface area contributed by atoms with Crippen LogP contribution in [-0.2, 0) is 6.42 Å². The van der Waals surface area contributed by atoms with Gasteiger partial charge >= 0.3 is 0 Å². The molecule has 1 aliphatic carbocycles. The molecule has 0 radical (unpaired) electrons. The summed E-state index contributed by atoms with van der Waals surface area (Å²) in [6.45, 7) is 2.48. The van der Waals surface area contributed by atoms with Gasteiger partial charge in [-0.1, -0.05) is 12.1 Å². The highest BCUT2D eigenvalue weighted by Gasteiger charge is 2.33. The van der Waals surface area contributed by atoms with E-state index in [-0.39, 0.29) is 0 Å². The number of aliphatic hydroxyl groups is 1. The zero-order valence-electron chi connectivity index (χ0n) is 10.3. The van der Waals surface area contributed by atoms with Crippen molar-refractivity contribution in [3.05, 3.63) is 41.6 Å². The Labute approximate surface area is 106 Å². The number of benzene rings is 1. The molecule has 0 fully saturated rings. The Balaban J connectivity index is 2.03. The predicted molar refractivity (Wildman–Crippen MR) is 72.4 cm³/mol. The first-order valence-corrected chi connectivity index (χ1v) is 6.42. The largest absolute Gasteiger partial charge is 0.385 e. The van der Waals surface area contributed by atoms with Crippen molar-refractivity contribution in [2.24, 2.45) is 0 Å². The highest BCUT2D eigenvalue weighted by atomic mass is 16.3. The van der Waals surface area contributed by atoms with Gasteiger partial charge in [-0.05, 0) is 42.2 Å². The molecule has 2 heterocycles. The molecule has 3 N–H and O–H groups in total. The second-order valence-corrected chi connectivity index (χ2v) is 5.64. The standard InChI is InChI=1S/C15H16N2O/c1-15(18)6-11-10-3-2-4-12-14(10)9(7-16-12)5-13(11)17-8-15/h2-4,6-7,13,16-18H,5,8H2,1H3. The van der Waals surface area contributed by atoms with E-state index in [1.165, 1.54) is 27.6 Å². The maximum atomic E-state index is 10.2. The number of aromatic amines is 1. The molecule has 1 aliphatic heterocycles. The zero-order valence-corrected chi connectivity index (χ0v) is 10.3. The van der Waals surface area contributed by atoms with Crippen LogP contribution in [0.2, 0.25) is 0 Å². The van der Waals surface area contributed by atoms with Crippen LogP contribution in [0.1, 0.15) is 18.1 Å². The third-order valence-corrected chi connectivity index (χ3v) is 4.07. The SMILES string of the molecule is CC1(O)C=C2c3cccc4[nH]cc(c34)CC2NC1. The summed E-state index contributed by atoms with van der Waals surface area (Å²) in [6, 6.07) is 6.67. The fourth-order valence-corrected chi connectivity index (χ4v) is 3.25. The van der Waals surface area contributed by atoms with E-state index in [1.54, 1.807) is 0 Å². The van der Waals surface area contributed by atoms with Gasteiger partial charge in [-0.3, -0.25) is 0 Å². The summed E-state index contributed by atoms with van der Waals surface area (Å²) in [4.78, 5) is 3.33. The smallest absolute Gasteiger partial charge is 0.0930 e. The summed E-state index contributed by atoms with van der Waals surface area (Å²) in [5, 5.41) is 15.0. The first-order chi connectivity index (χ1) is 8.64. The molecular formula is C15H16N2O. The molecule has 2 atom stereocenters. The minimum Gasteiger partial charge on any atom is -0.385 e. The van der Waals surface area contributed by atoms with E-state index in [0.717, 1.165) is 6.42 Å². The van der Waals surface area contributed by atoms with Crippen LogP contribution in [-0.4, -0.2) is 28.3 Å². The molecule has 3 heteroatoms. The average Bonchev–Trinajstić information content (AvgIpc) is 2.75.